The van der Waals surface area contributed by atoms with E-state index < -0.39 is 5.24 Å². The second-order valence-electron chi connectivity index (χ2n) is 17.3. The molecule has 0 aliphatic rings. The number of nitrogens with zero attached hydrogens (tertiary/aromatic N) is 6. The molecule has 10 rings (SSSR count). The van der Waals surface area contributed by atoms with E-state index in [-0.39, 0.29) is 45.7 Å². The number of carbonyl (C=O) groups is 2. The summed E-state index contributed by atoms with van der Waals surface area (Å²) in [5.41, 5.74) is 21.8. The first kappa shape index (κ1) is 53.7. The van der Waals surface area contributed by atoms with Gasteiger partial charge in [-0.05, 0) is 85.8 Å². The first-order chi connectivity index (χ1) is 33.6. The smallest absolute Gasteiger partial charge is 1.00 e. The maximum absolute atomic E-state index is 13.2. The number of para-hydroxylation sites is 4. The molecule has 12 heteroatoms. The van der Waals surface area contributed by atoms with E-state index in [4.69, 9.17) is 37.3 Å². The number of fused-ring (bicyclic) bond motifs is 4. The Hall–Kier alpha value is -6.69. The third-order valence-corrected chi connectivity index (χ3v) is 12.3. The quantitative estimate of drug-likeness (QED) is 0.0868. The Morgan fingerprint density at radius 3 is 1.41 bits per heavy atom. The summed E-state index contributed by atoms with van der Waals surface area (Å²) in [4.78, 5) is 43.5. The summed E-state index contributed by atoms with van der Waals surface area (Å²) in [5.74, 6) is 1.45. The number of rotatable bonds is 13. The van der Waals surface area contributed by atoms with Crippen LogP contribution in [0.25, 0.3) is 44.4 Å². The summed E-state index contributed by atoms with van der Waals surface area (Å²) >= 11 is 5.16. The number of aromatic nitrogens is 6. The molecule has 0 unspecified atom stereocenters. The molecule has 6 aromatic carbocycles. The molecule has 0 bridgehead atoms. The van der Waals surface area contributed by atoms with Crippen molar-refractivity contribution >= 4 is 78.8 Å². The van der Waals surface area contributed by atoms with E-state index in [0.717, 1.165) is 112 Å². The van der Waals surface area contributed by atoms with Gasteiger partial charge < -0.3 is 21.6 Å². The minimum atomic E-state index is -0.407. The van der Waals surface area contributed by atoms with Crippen molar-refractivity contribution in [2.45, 2.75) is 86.7 Å². The number of anilines is 2. The van der Waals surface area contributed by atoms with Crippen LogP contribution in [0.1, 0.15) is 104 Å². The number of aryl methyl sites for hydroxylation is 4. The zero-order chi connectivity index (χ0) is 48.3. The molecule has 10 aromatic rings. The molecule has 0 saturated heterocycles. The summed E-state index contributed by atoms with van der Waals surface area (Å²) in [6, 6.07) is 51.2. The van der Waals surface area contributed by atoms with Crippen LogP contribution in [0.2, 0.25) is 0 Å². The van der Waals surface area contributed by atoms with Gasteiger partial charge in [0.2, 0.25) is 0 Å². The van der Waals surface area contributed by atoms with Gasteiger partial charge in [-0.2, -0.15) is 0 Å². The van der Waals surface area contributed by atoms with E-state index in [9.17, 15) is 9.59 Å². The fourth-order valence-corrected chi connectivity index (χ4v) is 8.39. The van der Waals surface area contributed by atoms with Crippen molar-refractivity contribution in [3.05, 3.63) is 202 Å². The zero-order valence-corrected chi connectivity index (χ0v) is 43.4. The Morgan fingerprint density at radius 1 is 0.563 bits per heavy atom. The molecule has 0 spiro atoms. The Labute approximate surface area is 447 Å². The number of nitrogens with one attached hydrogen (secondary N) is 1. The van der Waals surface area contributed by atoms with E-state index in [1.807, 2.05) is 84.9 Å². The average Bonchev–Trinajstić information content (AvgIpc) is 3.79. The van der Waals surface area contributed by atoms with Crippen molar-refractivity contribution in [2.75, 3.05) is 11.1 Å². The molecule has 0 saturated carbocycles. The Bertz CT molecular complexity index is 3370. The number of amides is 1. The van der Waals surface area contributed by atoms with Gasteiger partial charge in [0.05, 0.1) is 22.1 Å². The molecule has 71 heavy (non-hydrogen) atoms. The van der Waals surface area contributed by atoms with Crippen LogP contribution in [0.4, 0.5) is 11.6 Å². The van der Waals surface area contributed by atoms with E-state index in [1.54, 1.807) is 24.3 Å². The Balaban J connectivity index is 0.000000263. The normalized spacial score (nSPS) is 10.7. The van der Waals surface area contributed by atoms with Crippen LogP contribution in [0.3, 0.4) is 0 Å². The van der Waals surface area contributed by atoms with Crippen molar-refractivity contribution in [1.82, 2.24) is 29.1 Å². The first-order valence-electron chi connectivity index (χ1n) is 23.6. The molecule has 3 N–H and O–H groups in total. The third kappa shape index (κ3) is 13.0. The first-order valence-corrected chi connectivity index (χ1v) is 24.0. The van der Waals surface area contributed by atoms with Gasteiger partial charge in [0.15, 0.2) is 11.3 Å². The third-order valence-electron chi connectivity index (χ3n) is 12.1. The van der Waals surface area contributed by atoms with Crippen LogP contribution >= 0.6 is 11.6 Å². The standard InChI is InChI=1S/C29H28N4O.C22H24N4.C7H5ClO.CH4.Na.H2.H/c1-3-4-18-33-27(32-29(34)22-10-6-5-7-11-22)23(19-21-16-14-20(2)15-17-21)26-28(33)31-25-13-9-8-12-24(25)30-26;1-3-4-13-26-21(23)17(14-16-11-9-15(2)10-12-16)20-22(26)25-19-8-6-5-7-18(19)24-20;8-7(9)6-4-2-1-3-5-6;;;;/h5-17H,3-4,18-19H2,1-2H3,(H,32,34);5-12H,3-4,13-14,23H2,1-2H3;1-5H;1H4;;1H;/q;;;;+1;;-1/i;;;;;1+1;. The summed E-state index contributed by atoms with van der Waals surface area (Å²) in [6.45, 7) is 10.2. The minimum Gasteiger partial charge on any atom is -1.00 e. The van der Waals surface area contributed by atoms with Crippen molar-refractivity contribution in [3.8, 4) is 0 Å². The number of nitrogen functional groups attached to an aromatic ring is 1. The van der Waals surface area contributed by atoms with Crippen LogP contribution in [0.15, 0.2) is 158 Å². The fraction of sp³-hybridized carbons (Fsp3) is 0.220. The zero-order valence-electron chi connectivity index (χ0n) is 41.6. The number of unbranched alkanes of at least 4 members (excludes halogenated alkanes) is 2. The fourth-order valence-electron chi connectivity index (χ4n) is 8.26. The monoisotopic (exact) mass is 975 g/mol. The summed E-state index contributed by atoms with van der Waals surface area (Å²) < 4.78 is 4.28. The van der Waals surface area contributed by atoms with E-state index in [0.29, 0.717) is 17.5 Å². The average molecular weight is 977 g/mol. The summed E-state index contributed by atoms with van der Waals surface area (Å²) in [7, 11) is 0. The topological polar surface area (TPSA) is 134 Å². The number of carbonyl (C=O) groups excluding carboxylic acids is 2. The van der Waals surface area contributed by atoms with Crippen LogP contribution < -0.4 is 40.6 Å². The maximum Gasteiger partial charge on any atom is 1.00 e. The van der Waals surface area contributed by atoms with Gasteiger partial charge in [-0.3, -0.25) is 9.59 Å². The van der Waals surface area contributed by atoms with Crippen LogP contribution in [0.5, 0.6) is 0 Å². The number of hydrogen-bond acceptors (Lipinski definition) is 7. The van der Waals surface area contributed by atoms with E-state index in [1.165, 1.54) is 22.3 Å². The number of halogens is 1. The van der Waals surface area contributed by atoms with Crippen molar-refractivity contribution in [3.63, 3.8) is 0 Å². The Kier molecular flexibility index (Phi) is 19.2. The van der Waals surface area contributed by atoms with E-state index in [2.05, 4.69) is 90.7 Å². The molecule has 1 amide bonds. The van der Waals surface area contributed by atoms with Gasteiger partial charge in [-0.15, -0.1) is 0 Å². The molecule has 0 aliphatic carbocycles. The number of nitrogens with two attached hydrogens (primary N) is 1. The van der Waals surface area contributed by atoms with Crippen LogP contribution in [-0.2, 0) is 25.9 Å². The van der Waals surface area contributed by atoms with Crippen LogP contribution in [0, 0.1) is 13.8 Å². The predicted molar refractivity (Wildman–Crippen MR) is 293 cm³/mol. The molecule has 10 nitrogen and oxygen atoms in total. The SMILES string of the molecule is C.CCCCn1c(N)c(Cc2ccc(C)cc2)c2nc3ccccc3nc21.CCCCn1c(NC(=O)c2ccccc2)c(Cc2ccc(C)cc2)c2nc3ccccc3nc21.O=C(Cl)c1ccccc1.[2HH].[H-].[Na+]. The molecule has 4 aromatic heterocycles. The van der Waals surface area contributed by atoms with Crippen molar-refractivity contribution < 1.29 is 42.0 Å². The van der Waals surface area contributed by atoms with Gasteiger partial charge in [0.25, 0.3) is 11.1 Å². The molecule has 0 atom stereocenters. The van der Waals surface area contributed by atoms with Gasteiger partial charge in [0.1, 0.15) is 22.7 Å². The van der Waals surface area contributed by atoms with Gasteiger partial charge in [0, 0.05) is 49.6 Å². The molecular weight excluding hydrogens is 911 g/mol. The molecular formula is C59H64ClN8NaO2. The largest absolute Gasteiger partial charge is 1.00 e. The second kappa shape index (κ2) is 25.4. The molecule has 0 fully saturated rings. The molecule has 360 valence electrons. The summed E-state index contributed by atoms with van der Waals surface area (Å²) in [6.07, 6.45) is 5.65. The number of hydrogen-bond donors (Lipinski definition) is 2. The second-order valence-corrected chi connectivity index (χ2v) is 17.6. The molecule has 4 heterocycles. The van der Waals surface area contributed by atoms with Gasteiger partial charge in [-0.1, -0.05) is 167 Å². The van der Waals surface area contributed by atoms with Crippen LogP contribution in [-0.4, -0.2) is 40.2 Å². The predicted octanol–water partition coefficient (Wildman–Crippen LogP) is 11.5. The number of benzene rings is 6. The minimum absolute atomic E-state index is 0. The van der Waals surface area contributed by atoms with Crippen molar-refractivity contribution in [2.24, 2.45) is 0 Å². The molecule has 0 radical (unpaired) electrons. The molecule has 0 aliphatic heterocycles. The maximum atomic E-state index is 13.2. The Morgan fingerprint density at radius 2 is 0.958 bits per heavy atom. The van der Waals surface area contributed by atoms with Gasteiger partial charge in [-0.25, -0.2) is 19.9 Å². The van der Waals surface area contributed by atoms with E-state index >= 15 is 0 Å². The van der Waals surface area contributed by atoms with Crippen molar-refractivity contribution in [1.29, 1.82) is 0 Å². The summed E-state index contributed by atoms with van der Waals surface area (Å²) in [5, 5.41) is 2.82. The van der Waals surface area contributed by atoms with Gasteiger partial charge >= 0.3 is 29.6 Å².